The highest BCUT2D eigenvalue weighted by molar-refractivity contribution is 6.33. The third-order valence-electron chi connectivity index (χ3n) is 3.88. The number of nitrogens with zero attached hydrogens (tertiary/aromatic N) is 1. The van der Waals surface area contributed by atoms with E-state index in [1.165, 1.54) is 12.8 Å². The first-order chi connectivity index (χ1) is 9.15. The van der Waals surface area contributed by atoms with Gasteiger partial charge in [0.25, 0.3) is 0 Å². The van der Waals surface area contributed by atoms with Crippen molar-refractivity contribution in [1.82, 2.24) is 5.32 Å². The van der Waals surface area contributed by atoms with Crippen molar-refractivity contribution in [2.75, 3.05) is 23.8 Å². The quantitative estimate of drug-likeness (QED) is 0.890. The van der Waals surface area contributed by atoms with Crippen molar-refractivity contribution in [3.63, 3.8) is 0 Å². The zero-order valence-electron chi connectivity index (χ0n) is 11.2. The molecule has 0 saturated heterocycles. The molecule has 102 valence electrons. The van der Waals surface area contributed by atoms with E-state index >= 15 is 0 Å². The Hall–Kier alpha value is -1.26. The first kappa shape index (κ1) is 12.8. The van der Waals surface area contributed by atoms with Crippen molar-refractivity contribution in [2.45, 2.75) is 31.8 Å². The molecular weight excluding hydrogens is 262 g/mol. The SMILES string of the molecule is CCN(c1cc2c(cc1Cl)C(NC)C(=O)N2)C1CC1. The first-order valence-corrected chi connectivity index (χ1v) is 7.11. The smallest absolute Gasteiger partial charge is 0.246 e. The van der Waals surface area contributed by atoms with E-state index in [1.807, 2.05) is 12.1 Å². The standard InChI is InChI=1S/C14H18ClN3O/c1-3-18(8-4-5-8)12-7-11-9(6-10(12)15)13(16-2)14(19)17-11/h6-8,13,16H,3-5H2,1-2H3,(H,17,19). The summed E-state index contributed by atoms with van der Waals surface area (Å²) in [5.74, 6) is -0.0137. The van der Waals surface area contributed by atoms with Gasteiger partial charge >= 0.3 is 0 Å². The lowest BCUT2D eigenvalue weighted by Crippen LogP contribution is -2.25. The van der Waals surface area contributed by atoms with Gasteiger partial charge in [-0.1, -0.05) is 11.6 Å². The molecule has 2 N–H and O–H groups in total. The van der Waals surface area contributed by atoms with Gasteiger partial charge in [0.15, 0.2) is 0 Å². The van der Waals surface area contributed by atoms with Crippen LogP contribution in [0.4, 0.5) is 11.4 Å². The Bertz CT molecular complexity index is 528. The Labute approximate surface area is 118 Å². The molecule has 4 nitrogen and oxygen atoms in total. The summed E-state index contributed by atoms with van der Waals surface area (Å²) >= 11 is 6.41. The Balaban J connectivity index is 2.01. The molecular formula is C14H18ClN3O. The average molecular weight is 280 g/mol. The summed E-state index contributed by atoms with van der Waals surface area (Å²) in [6, 6.07) is 4.24. The molecule has 3 rings (SSSR count). The predicted octanol–water partition coefficient (Wildman–Crippen LogP) is 2.54. The van der Waals surface area contributed by atoms with Crippen molar-refractivity contribution in [3.8, 4) is 0 Å². The van der Waals surface area contributed by atoms with E-state index in [9.17, 15) is 4.79 Å². The molecule has 1 aromatic carbocycles. The lowest BCUT2D eigenvalue weighted by molar-refractivity contribution is -0.117. The lowest BCUT2D eigenvalue weighted by atomic mass is 10.1. The van der Waals surface area contributed by atoms with Crippen LogP contribution in [-0.2, 0) is 4.79 Å². The summed E-state index contributed by atoms with van der Waals surface area (Å²) in [5, 5.41) is 6.65. The molecule has 1 atom stereocenters. The second kappa shape index (κ2) is 4.69. The third-order valence-corrected chi connectivity index (χ3v) is 4.18. The minimum absolute atomic E-state index is 0.0137. The van der Waals surface area contributed by atoms with E-state index in [1.54, 1.807) is 7.05 Å². The number of carbonyl (C=O) groups is 1. The van der Waals surface area contributed by atoms with Crippen LogP contribution in [0.1, 0.15) is 31.4 Å². The van der Waals surface area contributed by atoms with Crippen molar-refractivity contribution in [1.29, 1.82) is 0 Å². The number of rotatable bonds is 4. The van der Waals surface area contributed by atoms with Crippen LogP contribution in [0.2, 0.25) is 5.02 Å². The molecule has 1 saturated carbocycles. The highest BCUT2D eigenvalue weighted by atomic mass is 35.5. The molecule has 5 heteroatoms. The zero-order valence-corrected chi connectivity index (χ0v) is 11.9. The molecule has 2 aliphatic rings. The zero-order chi connectivity index (χ0) is 13.6. The molecule has 0 spiro atoms. The second-order valence-electron chi connectivity index (χ2n) is 5.12. The van der Waals surface area contributed by atoms with Gasteiger partial charge in [-0.05, 0) is 38.9 Å². The second-order valence-corrected chi connectivity index (χ2v) is 5.53. The number of carbonyl (C=O) groups excluding carboxylic acids is 1. The van der Waals surface area contributed by atoms with Crippen LogP contribution >= 0.6 is 11.6 Å². The van der Waals surface area contributed by atoms with Gasteiger partial charge in [-0.2, -0.15) is 0 Å². The fraction of sp³-hybridized carbons (Fsp3) is 0.500. The topological polar surface area (TPSA) is 44.4 Å². The number of anilines is 2. The molecule has 0 radical (unpaired) electrons. The minimum atomic E-state index is -0.294. The Morgan fingerprint density at radius 2 is 2.21 bits per heavy atom. The molecule has 1 aliphatic heterocycles. The predicted molar refractivity (Wildman–Crippen MR) is 77.9 cm³/mol. The van der Waals surface area contributed by atoms with E-state index in [2.05, 4.69) is 22.5 Å². The third kappa shape index (κ3) is 2.09. The van der Waals surface area contributed by atoms with Crippen LogP contribution in [0.5, 0.6) is 0 Å². The molecule has 0 aromatic heterocycles. The van der Waals surface area contributed by atoms with Gasteiger partial charge in [0.1, 0.15) is 6.04 Å². The van der Waals surface area contributed by atoms with E-state index in [-0.39, 0.29) is 11.9 Å². The van der Waals surface area contributed by atoms with Crippen LogP contribution in [0.3, 0.4) is 0 Å². The van der Waals surface area contributed by atoms with Crippen LogP contribution in [-0.4, -0.2) is 25.5 Å². The van der Waals surface area contributed by atoms with Crippen LogP contribution in [0.15, 0.2) is 12.1 Å². The molecule has 1 amide bonds. The van der Waals surface area contributed by atoms with Gasteiger partial charge in [0, 0.05) is 23.8 Å². The molecule has 1 unspecified atom stereocenters. The van der Waals surface area contributed by atoms with Crippen LogP contribution in [0.25, 0.3) is 0 Å². The van der Waals surface area contributed by atoms with Gasteiger partial charge in [-0.25, -0.2) is 0 Å². The first-order valence-electron chi connectivity index (χ1n) is 6.74. The number of amides is 1. The molecule has 1 fully saturated rings. The fourth-order valence-corrected chi connectivity index (χ4v) is 3.07. The summed E-state index contributed by atoms with van der Waals surface area (Å²) in [7, 11) is 1.78. The highest BCUT2D eigenvalue weighted by Gasteiger charge is 2.33. The maximum absolute atomic E-state index is 11.8. The highest BCUT2D eigenvalue weighted by Crippen LogP contribution is 2.41. The monoisotopic (exact) mass is 279 g/mol. The summed E-state index contributed by atoms with van der Waals surface area (Å²) in [6.45, 7) is 3.07. The largest absolute Gasteiger partial charge is 0.368 e. The normalized spacial score (nSPS) is 21.2. The Kier molecular flexibility index (Phi) is 3.15. The average Bonchev–Trinajstić information content (AvgIpc) is 3.15. The molecule has 1 aliphatic carbocycles. The van der Waals surface area contributed by atoms with Crippen LogP contribution < -0.4 is 15.5 Å². The number of nitrogens with one attached hydrogen (secondary N) is 2. The molecule has 0 bridgehead atoms. The van der Waals surface area contributed by atoms with Gasteiger partial charge in [-0.15, -0.1) is 0 Å². The number of benzene rings is 1. The lowest BCUT2D eigenvalue weighted by Gasteiger charge is -2.24. The Morgan fingerprint density at radius 1 is 1.47 bits per heavy atom. The van der Waals surface area contributed by atoms with Crippen LogP contribution in [0, 0.1) is 0 Å². The maximum Gasteiger partial charge on any atom is 0.246 e. The van der Waals surface area contributed by atoms with E-state index in [0.717, 1.165) is 28.5 Å². The number of hydrogen-bond acceptors (Lipinski definition) is 3. The van der Waals surface area contributed by atoms with Gasteiger partial charge < -0.3 is 15.5 Å². The van der Waals surface area contributed by atoms with Crippen molar-refractivity contribution in [3.05, 3.63) is 22.7 Å². The van der Waals surface area contributed by atoms with Crippen molar-refractivity contribution >= 4 is 28.9 Å². The van der Waals surface area contributed by atoms with Crippen molar-refractivity contribution in [2.24, 2.45) is 0 Å². The molecule has 19 heavy (non-hydrogen) atoms. The number of halogens is 1. The summed E-state index contributed by atoms with van der Waals surface area (Å²) < 4.78 is 0. The van der Waals surface area contributed by atoms with E-state index in [4.69, 9.17) is 11.6 Å². The Morgan fingerprint density at radius 3 is 2.79 bits per heavy atom. The van der Waals surface area contributed by atoms with Gasteiger partial charge in [0.05, 0.1) is 10.7 Å². The molecule has 1 aromatic rings. The number of likely N-dealkylation sites (N-methyl/N-ethyl adjacent to an activating group) is 1. The van der Waals surface area contributed by atoms with Crippen molar-refractivity contribution < 1.29 is 4.79 Å². The summed E-state index contributed by atoms with van der Waals surface area (Å²) in [4.78, 5) is 14.2. The maximum atomic E-state index is 11.8. The van der Waals surface area contributed by atoms with E-state index in [0.29, 0.717) is 6.04 Å². The van der Waals surface area contributed by atoms with Gasteiger partial charge in [0.2, 0.25) is 5.91 Å². The minimum Gasteiger partial charge on any atom is -0.368 e. The summed E-state index contributed by atoms with van der Waals surface area (Å²) in [5.41, 5.74) is 2.85. The summed E-state index contributed by atoms with van der Waals surface area (Å²) in [6.07, 6.45) is 2.46. The fourth-order valence-electron chi connectivity index (χ4n) is 2.79. The van der Waals surface area contributed by atoms with E-state index < -0.39 is 0 Å². The van der Waals surface area contributed by atoms with Gasteiger partial charge in [-0.3, -0.25) is 4.79 Å². The molecule has 1 heterocycles. The number of fused-ring (bicyclic) bond motifs is 1. The number of hydrogen-bond donors (Lipinski definition) is 2.